The summed E-state index contributed by atoms with van der Waals surface area (Å²) in [6.45, 7) is 7.80. The number of nitrogens with one attached hydrogen (secondary N) is 2. The molecule has 3 saturated heterocycles. The Morgan fingerprint density at radius 2 is 1.92 bits per heavy atom. The SMILES string of the molecule is CNC(=O)Nc1sc2ncccc2c1C(=O)N1CCC(N2CCCC3(C2)OC(=O)N(C(C)(C)C)C3=O)CC1. The van der Waals surface area contributed by atoms with Crippen LogP contribution in [0.15, 0.2) is 18.3 Å². The van der Waals surface area contributed by atoms with E-state index in [4.69, 9.17) is 4.74 Å². The van der Waals surface area contributed by atoms with Crippen molar-refractivity contribution >= 4 is 50.5 Å². The molecule has 1 unspecified atom stereocenters. The van der Waals surface area contributed by atoms with Crippen LogP contribution in [-0.2, 0) is 9.53 Å². The molecule has 0 aliphatic carbocycles. The Morgan fingerprint density at radius 3 is 2.58 bits per heavy atom. The van der Waals surface area contributed by atoms with Crippen molar-refractivity contribution in [1.29, 1.82) is 0 Å². The molecule has 11 nitrogen and oxygen atoms in total. The number of anilines is 1. The third-order valence-corrected chi connectivity index (χ3v) is 8.64. The highest BCUT2D eigenvalue weighted by Crippen LogP contribution is 2.39. The van der Waals surface area contributed by atoms with E-state index in [1.165, 1.54) is 23.3 Å². The van der Waals surface area contributed by atoms with E-state index in [2.05, 4.69) is 20.5 Å². The maximum absolute atomic E-state index is 13.7. The van der Waals surface area contributed by atoms with E-state index in [1.807, 2.05) is 31.7 Å². The lowest BCUT2D eigenvalue weighted by Crippen LogP contribution is -2.59. The first kappa shape index (κ1) is 26.4. The third-order valence-electron chi connectivity index (χ3n) is 7.62. The van der Waals surface area contributed by atoms with E-state index in [1.54, 1.807) is 12.3 Å². The number of ether oxygens (including phenoxy) is 1. The Balaban J connectivity index is 1.28. The average molecular weight is 543 g/mol. The van der Waals surface area contributed by atoms with E-state index < -0.39 is 23.3 Å². The van der Waals surface area contributed by atoms with E-state index in [9.17, 15) is 19.2 Å². The largest absolute Gasteiger partial charge is 0.431 e. The highest BCUT2D eigenvalue weighted by Gasteiger charge is 2.58. The highest BCUT2D eigenvalue weighted by molar-refractivity contribution is 7.23. The second-order valence-electron chi connectivity index (χ2n) is 11.1. The monoisotopic (exact) mass is 542 g/mol. The number of pyridine rings is 1. The topological polar surface area (TPSA) is 124 Å². The molecule has 0 aromatic carbocycles. The first-order valence-corrected chi connectivity index (χ1v) is 13.8. The minimum absolute atomic E-state index is 0.134. The number of carbonyl (C=O) groups is 4. The minimum Gasteiger partial charge on any atom is -0.431 e. The molecule has 2 aromatic rings. The number of amides is 5. The number of fused-ring (bicyclic) bond motifs is 1. The van der Waals surface area contributed by atoms with Crippen LogP contribution >= 0.6 is 11.3 Å². The fourth-order valence-electron chi connectivity index (χ4n) is 5.74. The van der Waals surface area contributed by atoms with Gasteiger partial charge in [-0.25, -0.2) is 19.5 Å². The molecule has 1 spiro atoms. The maximum atomic E-state index is 13.7. The van der Waals surface area contributed by atoms with Gasteiger partial charge in [0.2, 0.25) is 5.60 Å². The summed E-state index contributed by atoms with van der Waals surface area (Å²) in [7, 11) is 1.53. The van der Waals surface area contributed by atoms with Gasteiger partial charge < -0.3 is 15.0 Å². The second-order valence-corrected chi connectivity index (χ2v) is 12.1. The molecule has 3 aliphatic rings. The lowest BCUT2D eigenvalue weighted by atomic mass is 9.88. The number of thiophene rings is 1. The Labute approximate surface area is 225 Å². The lowest BCUT2D eigenvalue weighted by Gasteiger charge is -2.44. The molecule has 3 aliphatic heterocycles. The number of nitrogens with zero attached hydrogens (tertiary/aromatic N) is 4. The number of hydrogen-bond acceptors (Lipinski definition) is 8. The third kappa shape index (κ3) is 4.60. The highest BCUT2D eigenvalue weighted by atomic mass is 32.1. The molecular weight excluding hydrogens is 508 g/mol. The van der Waals surface area contributed by atoms with E-state index >= 15 is 0 Å². The van der Waals surface area contributed by atoms with Gasteiger partial charge in [0.05, 0.1) is 5.56 Å². The van der Waals surface area contributed by atoms with Crippen molar-refractivity contribution in [2.45, 2.75) is 63.6 Å². The molecular formula is C26H34N6O5S. The van der Waals surface area contributed by atoms with Crippen LogP contribution in [0.2, 0.25) is 0 Å². The van der Waals surface area contributed by atoms with Crippen molar-refractivity contribution in [2.75, 3.05) is 38.5 Å². The standard InChI is InChI=1S/C26H34N6O5S/c1-25(2,3)32-22(34)26(37-24(32)36)10-6-12-31(15-26)16-8-13-30(14-9-16)21(33)18-17-7-5-11-28-19(17)38-20(18)29-23(35)27-4/h5,7,11,16H,6,8-10,12-15H2,1-4H3,(H2,27,29,35). The van der Waals surface area contributed by atoms with Gasteiger partial charge in [0.15, 0.2) is 0 Å². The van der Waals surface area contributed by atoms with Crippen molar-refractivity contribution in [1.82, 2.24) is 25.0 Å². The van der Waals surface area contributed by atoms with Crippen LogP contribution in [0.1, 0.15) is 56.8 Å². The quantitative estimate of drug-likeness (QED) is 0.610. The number of likely N-dealkylation sites (tertiary alicyclic amines) is 2. The van der Waals surface area contributed by atoms with Gasteiger partial charge in [0.25, 0.3) is 11.8 Å². The van der Waals surface area contributed by atoms with Gasteiger partial charge in [-0.2, -0.15) is 0 Å². The summed E-state index contributed by atoms with van der Waals surface area (Å²) in [4.78, 5) is 62.0. The second kappa shape index (κ2) is 9.81. The van der Waals surface area contributed by atoms with Crippen LogP contribution in [0, 0.1) is 0 Å². The number of imide groups is 1. The van der Waals surface area contributed by atoms with E-state index in [0.717, 1.165) is 31.2 Å². The smallest absolute Gasteiger partial charge is 0.418 e. The summed E-state index contributed by atoms with van der Waals surface area (Å²) in [6.07, 6.45) is 3.87. The number of carbonyl (C=O) groups excluding carboxylic acids is 4. The fraction of sp³-hybridized carbons (Fsp3) is 0.577. The summed E-state index contributed by atoms with van der Waals surface area (Å²) < 4.78 is 5.75. The summed E-state index contributed by atoms with van der Waals surface area (Å²) in [5.74, 6) is -0.383. The molecule has 2 N–H and O–H groups in total. The number of aromatic nitrogens is 1. The van der Waals surface area contributed by atoms with Crippen LogP contribution in [0.5, 0.6) is 0 Å². The van der Waals surface area contributed by atoms with Gasteiger partial charge >= 0.3 is 12.1 Å². The predicted molar refractivity (Wildman–Crippen MR) is 143 cm³/mol. The van der Waals surface area contributed by atoms with Crippen LogP contribution in [0.25, 0.3) is 10.2 Å². The van der Waals surface area contributed by atoms with Gasteiger partial charge in [-0.1, -0.05) is 11.3 Å². The molecule has 0 saturated carbocycles. The molecule has 0 bridgehead atoms. The molecule has 2 aromatic heterocycles. The summed E-state index contributed by atoms with van der Waals surface area (Å²) >= 11 is 1.28. The van der Waals surface area contributed by atoms with Crippen LogP contribution < -0.4 is 10.6 Å². The van der Waals surface area contributed by atoms with Gasteiger partial charge in [-0.05, 0) is 65.1 Å². The number of rotatable bonds is 3. The predicted octanol–water partition coefficient (Wildman–Crippen LogP) is 3.26. The molecule has 3 fully saturated rings. The maximum Gasteiger partial charge on any atom is 0.418 e. The Bertz CT molecular complexity index is 1280. The number of piperidine rings is 2. The van der Waals surface area contributed by atoms with E-state index in [-0.39, 0.29) is 17.9 Å². The molecule has 12 heteroatoms. The van der Waals surface area contributed by atoms with Crippen molar-refractivity contribution in [3.63, 3.8) is 0 Å². The van der Waals surface area contributed by atoms with Crippen LogP contribution in [-0.4, -0.2) is 94.0 Å². The van der Waals surface area contributed by atoms with Crippen LogP contribution in [0.4, 0.5) is 14.6 Å². The first-order chi connectivity index (χ1) is 18.0. The molecule has 204 valence electrons. The van der Waals surface area contributed by atoms with Gasteiger partial charge in [-0.15, -0.1) is 0 Å². The van der Waals surface area contributed by atoms with E-state index in [0.29, 0.717) is 41.5 Å². The zero-order valence-corrected chi connectivity index (χ0v) is 23.0. The van der Waals surface area contributed by atoms with Crippen LogP contribution in [0.3, 0.4) is 0 Å². The van der Waals surface area contributed by atoms with Gasteiger partial charge in [0.1, 0.15) is 9.83 Å². The number of hydrogen-bond donors (Lipinski definition) is 2. The fourth-order valence-corrected chi connectivity index (χ4v) is 6.77. The first-order valence-electron chi connectivity index (χ1n) is 13.0. The van der Waals surface area contributed by atoms with Gasteiger partial charge in [0, 0.05) is 49.8 Å². The molecule has 38 heavy (non-hydrogen) atoms. The lowest BCUT2D eigenvalue weighted by molar-refractivity contribution is -0.144. The van der Waals surface area contributed by atoms with Crippen molar-refractivity contribution in [3.8, 4) is 0 Å². The normalized spacial score (nSPS) is 23.3. The van der Waals surface area contributed by atoms with Gasteiger partial charge in [-0.3, -0.25) is 19.8 Å². The molecule has 0 radical (unpaired) electrons. The molecule has 5 heterocycles. The Kier molecular flexibility index (Phi) is 6.80. The number of urea groups is 1. The summed E-state index contributed by atoms with van der Waals surface area (Å²) in [5, 5.41) is 6.51. The summed E-state index contributed by atoms with van der Waals surface area (Å²) in [6, 6.07) is 3.42. The van der Waals surface area contributed by atoms with Crippen molar-refractivity contribution < 1.29 is 23.9 Å². The zero-order valence-electron chi connectivity index (χ0n) is 22.2. The Hall–Kier alpha value is -3.25. The minimum atomic E-state index is -1.13. The molecule has 1 atom stereocenters. The Morgan fingerprint density at radius 1 is 1.18 bits per heavy atom. The van der Waals surface area contributed by atoms with Crippen molar-refractivity contribution in [3.05, 3.63) is 23.9 Å². The zero-order chi connectivity index (χ0) is 27.2. The summed E-state index contributed by atoms with van der Waals surface area (Å²) in [5.41, 5.74) is -1.31. The molecule has 5 rings (SSSR count). The average Bonchev–Trinajstić information content (AvgIpc) is 3.36. The van der Waals surface area contributed by atoms with Crippen molar-refractivity contribution in [2.24, 2.45) is 0 Å². The molecule has 5 amide bonds.